The molecule has 1 aromatic heterocycles. The molecule has 118 valence electrons. The van der Waals surface area contributed by atoms with E-state index >= 15 is 0 Å². The van der Waals surface area contributed by atoms with Gasteiger partial charge in [-0.1, -0.05) is 37.2 Å². The summed E-state index contributed by atoms with van der Waals surface area (Å²) in [5.41, 5.74) is 2.89. The molecule has 2 aromatic rings. The average Bonchev–Trinajstić information content (AvgIpc) is 2.90. The Hall–Kier alpha value is -2.30. The van der Waals surface area contributed by atoms with E-state index in [0.29, 0.717) is 17.0 Å². The van der Waals surface area contributed by atoms with Gasteiger partial charge in [-0.2, -0.15) is 0 Å². The number of para-hydroxylation sites is 1. The maximum atomic E-state index is 12.0. The summed E-state index contributed by atoms with van der Waals surface area (Å²) in [5, 5.41) is 3.98. The predicted octanol–water partition coefficient (Wildman–Crippen LogP) is 3.78. The largest absolute Gasteiger partial charge is 0.487 e. The third kappa shape index (κ3) is 3.13. The second kappa shape index (κ2) is 6.64. The Morgan fingerprint density at radius 1 is 1.27 bits per heavy atom. The highest BCUT2D eigenvalue weighted by atomic mass is 16.5. The summed E-state index contributed by atoms with van der Waals surface area (Å²) >= 11 is 0. The molecule has 0 saturated heterocycles. The van der Waals surface area contributed by atoms with E-state index in [1.165, 1.54) is 7.11 Å². The number of hydrogen-bond donors (Lipinski definition) is 0. The number of benzene rings is 1. The molecule has 0 aliphatic rings. The quantitative estimate of drug-likeness (QED) is 0.787. The normalized spacial score (nSPS) is 10.8. The number of hydrogen-bond acceptors (Lipinski definition) is 5. The van der Waals surface area contributed by atoms with Crippen molar-refractivity contribution in [1.82, 2.24) is 5.16 Å². The van der Waals surface area contributed by atoms with Crippen LogP contribution in [-0.2, 0) is 11.3 Å². The van der Waals surface area contributed by atoms with E-state index in [1.807, 2.05) is 45.9 Å². The van der Waals surface area contributed by atoms with Gasteiger partial charge < -0.3 is 14.0 Å². The van der Waals surface area contributed by atoms with Crippen LogP contribution in [0.2, 0.25) is 0 Å². The predicted molar refractivity (Wildman–Crippen MR) is 82.2 cm³/mol. The third-order valence-electron chi connectivity index (χ3n) is 3.47. The molecule has 0 unspecified atom stereocenters. The minimum atomic E-state index is -0.454. The first-order valence-electron chi connectivity index (χ1n) is 7.21. The number of carbonyl (C=O) groups is 1. The highest BCUT2D eigenvalue weighted by Crippen LogP contribution is 2.27. The van der Waals surface area contributed by atoms with E-state index in [1.54, 1.807) is 0 Å². The fraction of sp³-hybridized carbons (Fsp3) is 0.412. The Bertz CT molecular complexity index is 653. The van der Waals surface area contributed by atoms with Gasteiger partial charge in [0.05, 0.1) is 7.11 Å². The van der Waals surface area contributed by atoms with Crippen LogP contribution in [-0.4, -0.2) is 18.2 Å². The van der Waals surface area contributed by atoms with Gasteiger partial charge in [-0.05, 0) is 25.0 Å². The fourth-order valence-electron chi connectivity index (χ4n) is 2.32. The molecule has 0 radical (unpaired) electrons. The zero-order chi connectivity index (χ0) is 16.3. The summed E-state index contributed by atoms with van der Waals surface area (Å²) in [4.78, 5) is 12.0. The SMILES string of the molecule is COC(=O)c1c(COc2c(C)cccc2C)noc1C(C)C. The summed E-state index contributed by atoms with van der Waals surface area (Å²) in [5.74, 6) is 0.903. The second-order valence-electron chi connectivity index (χ2n) is 5.52. The molecular weight excluding hydrogens is 282 g/mol. The van der Waals surface area contributed by atoms with Crippen LogP contribution in [0.5, 0.6) is 5.75 Å². The number of nitrogens with zero attached hydrogens (tertiary/aromatic N) is 1. The van der Waals surface area contributed by atoms with Crippen LogP contribution in [0.3, 0.4) is 0 Å². The first-order valence-corrected chi connectivity index (χ1v) is 7.21. The molecule has 0 aliphatic heterocycles. The summed E-state index contributed by atoms with van der Waals surface area (Å²) in [6.07, 6.45) is 0. The van der Waals surface area contributed by atoms with Gasteiger partial charge in [-0.15, -0.1) is 0 Å². The lowest BCUT2D eigenvalue weighted by Gasteiger charge is -2.11. The van der Waals surface area contributed by atoms with Gasteiger partial charge in [0.2, 0.25) is 0 Å². The maximum absolute atomic E-state index is 12.0. The number of rotatable bonds is 5. The topological polar surface area (TPSA) is 61.6 Å². The van der Waals surface area contributed by atoms with E-state index in [2.05, 4.69) is 5.16 Å². The molecule has 5 heteroatoms. The van der Waals surface area contributed by atoms with Gasteiger partial charge in [0.15, 0.2) is 5.76 Å². The van der Waals surface area contributed by atoms with Crippen molar-refractivity contribution in [3.8, 4) is 5.75 Å². The minimum Gasteiger partial charge on any atom is -0.487 e. The van der Waals surface area contributed by atoms with Gasteiger partial charge in [0.25, 0.3) is 0 Å². The van der Waals surface area contributed by atoms with Crippen LogP contribution in [0.25, 0.3) is 0 Å². The monoisotopic (exact) mass is 303 g/mol. The Morgan fingerprint density at radius 3 is 2.45 bits per heavy atom. The number of ether oxygens (including phenoxy) is 2. The van der Waals surface area contributed by atoms with Gasteiger partial charge in [0.1, 0.15) is 23.6 Å². The molecule has 0 fully saturated rings. The van der Waals surface area contributed by atoms with E-state index in [4.69, 9.17) is 14.0 Å². The molecule has 22 heavy (non-hydrogen) atoms. The summed E-state index contributed by atoms with van der Waals surface area (Å²) in [6, 6.07) is 5.93. The molecule has 2 rings (SSSR count). The van der Waals surface area contributed by atoms with Gasteiger partial charge in [-0.25, -0.2) is 4.79 Å². The lowest BCUT2D eigenvalue weighted by Crippen LogP contribution is -2.10. The van der Waals surface area contributed by atoms with Crippen molar-refractivity contribution in [2.24, 2.45) is 0 Å². The first-order chi connectivity index (χ1) is 10.5. The van der Waals surface area contributed by atoms with Crippen molar-refractivity contribution < 1.29 is 18.8 Å². The number of aryl methyl sites for hydroxylation is 2. The molecule has 0 saturated carbocycles. The van der Waals surface area contributed by atoms with E-state index in [-0.39, 0.29) is 12.5 Å². The van der Waals surface area contributed by atoms with Gasteiger partial charge in [-0.3, -0.25) is 0 Å². The van der Waals surface area contributed by atoms with Crippen molar-refractivity contribution in [3.05, 3.63) is 46.3 Å². The Labute approximate surface area is 130 Å². The first kappa shape index (κ1) is 16.1. The molecule has 0 atom stereocenters. The lowest BCUT2D eigenvalue weighted by molar-refractivity contribution is 0.0595. The molecule has 1 aromatic carbocycles. The second-order valence-corrected chi connectivity index (χ2v) is 5.52. The lowest BCUT2D eigenvalue weighted by atomic mass is 10.1. The summed E-state index contributed by atoms with van der Waals surface area (Å²) in [6.45, 7) is 7.98. The molecule has 1 heterocycles. The van der Waals surface area contributed by atoms with Gasteiger partial charge in [0, 0.05) is 5.92 Å². The van der Waals surface area contributed by atoms with E-state index in [9.17, 15) is 4.79 Å². The molecule has 0 amide bonds. The van der Waals surface area contributed by atoms with Crippen molar-refractivity contribution in [2.45, 2.75) is 40.2 Å². The number of esters is 1. The van der Waals surface area contributed by atoms with Crippen LogP contribution in [0.1, 0.15) is 52.7 Å². The third-order valence-corrected chi connectivity index (χ3v) is 3.47. The highest BCUT2D eigenvalue weighted by Gasteiger charge is 2.26. The molecule has 0 bridgehead atoms. The molecule has 0 N–H and O–H groups in total. The highest BCUT2D eigenvalue weighted by molar-refractivity contribution is 5.91. The molecule has 0 aliphatic carbocycles. The van der Waals surface area contributed by atoms with Crippen molar-refractivity contribution in [3.63, 3.8) is 0 Å². The van der Waals surface area contributed by atoms with Crippen molar-refractivity contribution in [2.75, 3.05) is 7.11 Å². The fourth-order valence-corrected chi connectivity index (χ4v) is 2.32. The molecule has 0 spiro atoms. The van der Waals surface area contributed by atoms with Crippen LogP contribution in [0.15, 0.2) is 22.7 Å². The van der Waals surface area contributed by atoms with Gasteiger partial charge >= 0.3 is 5.97 Å². The zero-order valence-electron chi connectivity index (χ0n) is 13.6. The van der Waals surface area contributed by atoms with Crippen molar-refractivity contribution in [1.29, 1.82) is 0 Å². The van der Waals surface area contributed by atoms with E-state index < -0.39 is 5.97 Å². The maximum Gasteiger partial charge on any atom is 0.343 e. The summed E-state index contributed by atoms with van der Waals surface area (Å²) < 4.78 is 16.0. The Morgan fingerprint density at radius 2 is 1.91 bits per heavy atom. The average molecular weight is 303 g/mol. The molecular formula is C17H21NO4. The van der Waals surface area contributed by atoms with Crippen LogP contribution in [0.4, 0.5) is 0 Å². The number of methoxy groups -OCH3 is 1. The van der Waals surface area contributed by atoms with Crippen molar-refractivity contribution >= 4 is 5.97 Å². The van der Waals surface area contributed by atoms with E-state index in [0.717, 1.165) is 16.9 Å². The smallest absolute Gasteiger partial charge is 0.343 e. The standard InChI is InChI=1S/C17H21NO4/c1-10(2)15-14(17(19)20-5)13(18-22-15)9-21-16-11(3)7-6-8-12(16)4/h6-8,10H,9H2,1-5H3. The summed E-state index contributed by atoms with van der Waals surface area (Å²) in [7, 11) is 1.34. The minimum absolute atomic E-state index is 0.0375. The van der Waals surface area contributed by atoms with Crippen LogP contribution >= 0.6 is 0 Å². The Kier molecular flexibility index (Phi) is 4.85. The van der Waals surface area contributed by atoms with Crippen LogP contribution < -0.4 is 4.74 Å². The number of carbonyl (C=O) groups excluding carboxylic acids is 1. The Balaban J connectivity index is 2.29. The number of aromatic nitrogens is 1. The van der Waals surface area contributed by atoms with Crippen LogP contribution in [0, 0.1) is 13.8 Å². The zero-order valence-corrected chi connectivity index (χ0v) is 13.6. The molecule has 5 nitrogen and oxygen atoms in total.